The average molecular weight is 671 g/mol. The first-order chi connectivity index (χ1) is 22.9. The molecule has 1 saturated heterocycles. The van der Waals surface area contributed by atoms with Crippen LogP contribution in [0, 0.1) is 17.8 Å². The molecule has 12 heteroatoms. The van der Waals surface area contributed by atoms with E-state index in [1.165, 1.54) is 9.47 Å². The van der Waals surface area contributed by atoms with Gasteiger partial charge in [0.15, 0.2) is 0 Å². The number of hydrogen-bond donors (Lipinski definition) is 1. The molecule has 0 saturated carbocycles. The zero-order chi connectivity index (χ0) is 34.3. The van der Waals surface area contributed by atoms with E-state index in [4.69, 9.17) is 18.9 Å². The van der Waals surface area contributed by atoms with Gasteiger partial charge >= 0.3 is 12.3 Å². The van der Waals surface area contributed by atoms with E-state index in [0.29, 0.717) is 55.4 Å². The van der Waals surface area contributed by atoms with E-state index in [1.807, 2.05) is 6.07 Å². The van der Waals surface area contributed by atoms with Crippen molar-refractivity contribution in [1.82, 2.24) is 9.47 Å². The number of nitrogens with zero attached hydrogens (tertiary/aromatic N) is 3. The van der Waals surface area contributed by atoms with Gasteiger partial charge in [-0.3, -0.25) is 4.90 Å². The molecular formula is C36H45F3N4O5. The molecule has 3 aliphatic rings. The molecule has 48 heavy (non-hydrogen) atoms. The molecule has 9 nitrogen and oxygen atoms in total. The van der Waals surface area contributed by atoms with Gasteiger partial charge in [0, 0.05) is 36.0 Å². The average Bonchev–Trinajstić information content (AvgIpc) is 3.35. The number of halogens is 3. The van der Waals surface area contributed by atoms with Crippen molar-refractivity contribution in [2.45, 2.75) is 58.0 Å². The highest BCUT2D eigenvalue weighted by molar-refractivity contribution is 5.94. The van der Waals surface area contributed by atoms with Crippen molar-refractivity contribution in [3.63, 3.8) is 0 Å². The topological polar surface area (TPSA) is 77.4 Å². The van der Waals surface area contributed by atoms with Gasteiger partial charge < -0.3 is 33.7 Å². The fourth-order valence-electron chi connectivity index (χ4n) is 6.04. The Morgan fingerprint density at radius 1 is 1.00 bits per heavy atom. The molecule has 260 valence electrons. The Hall–Kier alpha value is -3.92. The number of alkyl halides is 3. The first-order valence-corrected chi connectivity index (χ1v) is 16.4. The Kier molecular flexibility index (Phi) is 11.5. The van der Waals surface area contributed by atoms with Crippen LogP contribution in [0.4, 0.5) is 29.3 Å². The van der Waals surface area contributed by atoms with Crippen LogP contribution in [0.5, 0.6) is 5.75 Å². The van der Waals surface area contributed by atoms with Crippen molar-refractivity contribution in [2.24, 2.45) is 5.92 Å². The summed E-state index contributed by atoms with van der Waals surface area (Å²) in [5, 5.41) is 4.33. The highest BCUT2D eigenvalue weighted by atomic mass is 19.4. The Balaban J connectivity index is 1.52. The molecule has 2 unspecified atom stereocenters. The van der Waals surface area contributed by atoms with Gasteiger partial charge in [-0.15, -0.1) is 0 Å². The third-order valence-corrected chi connectivity index (χ3v) is 8.28. The highest BCUT2D eigenvalue weighted by Gasteiger charge is 2.31. The van der Waals surface area contributed by atoms with Gasteiger partial charge in [-0.1, -0.05) is 12.0 Å². The Labute approximate surface area is 280 Å². The SMILES string of the molecule is CN1CCC2Nc3cccc4c3cc(n4CC(F)(F)F)C#CCN(C(=O)OC(C)(C)C)c3ccc(cc3)OCCOCCOCCC2C1. The summed E-state index contributed by atoms with van der Waals surface area (Å²) in [6.45, 7) is 7.99. The van der Waals surface area contributed by atoms with Crippen LogP contribution in [0.2, 0.25) is 0 Å². The van der Waals surface area contributed by atoms with Crippen molar-refractivity contribution in [1.29, 1.82) is 0 Å². The van der Waals surface area contributed by atoms with Crippen molar-refractivity contribution < 1.29 is 36.9 Å². The normalized spacial score (nSPS) is 20.6. The quantitative estimate of drug-likeness (QED) is 0.233. The van der Waals surface area contributed by atoms with Crippen LogP contribution in [-0.4, -0.2) is 93.1 Å². The molecule has 1 fully saturated rings. The van der Waals surface area contributed by atoms with Crippen LogP contribution in [0.25, 0.3) is 10.9 Å². The third kappa shape index (κ3) is 9.81. The predicted octanol–water partition coefficient (Wildman–Crippen LogP) is 6.54. The lowest BCUT2D eigenvalue weighted by Crippen LogP contribution is -2.45. The van der Waals surface area contributed by atoms with Crippen LogP contribution in [-0.2, 0) is 20.8 Å². The standard InChI is InChI=1S/C36H45F3N4O5/c1-35(2,3)48-34(44)42-16-6-7-28-23-30-32(8-5-9-33(30)43(28)25-36(37,38)39)40-31-14-17-41(4)24-26(31)15-18-45-19-20-46-21-22-47-29-12-10-27(42)11-13-29/h5,8-13,23,26,31,40H,14-22,24-25H2,1-4H3. The van der Waals surface area contributed by atoms with Gasteiger partial charge in [-0.25, -0.2) is 4.79 Å². The van der Waals surface area contributed by atoms with Crippen LogP contribution >= 0.6 is 0 Å². The number of fused-ring (bicyclic) bond motifs is 12. The first kappa shape index (κ1) is 35.4. The number of rotatable bonds is 1. The number of carbonyl (C=O) groups excluding carboxylic acids is 1. The first-order valence-electron chi connectivity index (χ1n) is 16.4. The van der Waals surface area contributed by atoms with Gasteiger partial charge in [-0.2, -0.15) is 13.2 Å². The summed E-state index contributed by atoms with van der Waals surface area (Å²) in [6, 6.07) is 14.1. The maximum atomic E-state index is 13.9. The molecule has 3 aliphatic heterocycles. The number of amides is 1. The van der Waals surface area contributed by atoms with E-state index in [0.717, 1.165) is 31.6 Å². The lowest BCUT2D eigenvalue weighted by molar-refractivity contribution is -0.140. The van der Waals surface area contributed by atoms with E-state index < -0.39 is 24.4 Å². The van der Waals surface area contributed by atoms with Crippen molar-refractivity contribution >= 4 is 28.4 Å². The number of carbonyl (C=O) groups is 1. The summed E-state index contributed by atoms with van der Waals surface area (Å²) in [4.78, 5) is 16.9. The Bertz CT molecular complexity index is 1590. The number of aromatic nitrogens is 1. The summed E-state index contributed by atoms with van der Waals surface area (Å²) < 4.78 is 65.9. The van der Waals surface area contributed by atoms with Gasteiger partial charge in [0.2, 0.25) is 0 Å². The molecule has 6 rings (SSSR count). The zero-order valence-corrected chi connectivity index (χ0v) is 28.1. The molecule has 1 N–H and O–H groups in total. The molecule has 2 atom stereocenters. The van der Waals surface area contributed by atoms with E-state index in [1.54, 1.807) is 63.2 Å². The van der Waals surface area contributed by atoms with Gasteiger partial charge in [-0.05, 0) is 102 Å². The number of anilines is 2. The number of likely N-dealkylation sites (tertiary alicyclic amines) is 1. The summed E-state index contributed by atoms with van der Waals surface area (Å²) >= 11 is 0. The highest BCUT2D eigenvalue weighted by Crippen LogP contribution is 2.33. The molecular weight excluding hydrogens is 625 g/mol. The minimum absolute atomic E-state index is 0.110. The van der Waals surface area contributed by atoms with Crippen LogP contribution in [0.3, 0.4) is 0 Å². The lowest BCUT2D eigenvalue weighted by atomic mass is 9.89. The molecule has 3 aromatic rings. The third-order valence-electron chi connectivity index (χ3n) is 8.28. The van der Waals surface area contributed by atoms with Crippen molar-refractivity contribution in [2.75, 3.05) is 69.9 Å². The molecule has 0 spiro atoms. The van der Waals surface area contributed by atoms with Gasteiger partial charge in [0.1, 0.15) is 24.5 Å². The second-order valence-electron chi connectivity index (χ2n) is 13.3. The maximum absolute atomic E-state index is 13.9. The molecule has 4 bridgehead atoms. The number of ether oxygens (including phenoxy) is 4. The molecule has 4 heterocycles. The smallest absolute Gasteiger partial charge is 0.415 e. The molecule has 0 aliphatic carbocycles. The summed E-state index contributed by atoms with van der Waals surface area (Å²) in [6.07, 6.45) is -3.38. The molecule has 1 aromatic heterocycles. The number of nitrogens with one attached hydrogen (secondary N) is 1. The second kappa shape index (κ2) is 15.5. The second-order valence-corrected chi connectivity index (χ2v) is 13.3. The van der Waals surface area contributed by atoms with Gasteiger partial charge in [0.05, 0.1) is 37.6 Å². The van der Waals surface area contributed by atoms with Gasteiger partial charge in [0.25, 0.3) is 0 Å². The Morgan fingerprint density at radius 2 is 1.73 bits per heavy atom. The van der Waals surface area contributed by atoms with E-state index in [-0.39, 0.29) is 24.2 Å². The molecule has 1 amide bonds. The van der Waals surface area contributed by atoms with Crippen molar-refractivity contribution in [3.05, 3.63) is 54.2 Å². The monoisotopic (exact) mass is 670 g/mol. The summed E-state index contributed by atoms with van der Waals surface area (Å²) in [7, 11) is 2.10. The summed E-state index contributed by atoms with van der Waals surface area (Å²) in [5.74, 6) is 6.77. The minimum atomic E-state index is -4.47. The van der Waals surface area contributed by atoms with E-state index in [9.17, 15) is 18.0 Å². The maximum Gasteiger partial charge on any atom is 0.415 e. The summed E-state index contributed by atoms with van der Waals surface area (Å²) in [5.41, 5.74) is 1.13. The van der Waals surface area contributed by atoms with Crippen LogP contribution in [0.15, 0.2) is 48.5 Å². The zero-order valence-electron chi connectivity index (χ0n) is 28.1. The lowest BCUT2D eigenvalue weighted by Gasteiger charge is -2.38. The van der Waals surface area contributed by atoms with Crippen molar-refractivity contribution in [3.8, 4) is 17.6 Å². The van der Waals surface area contributed by atoms with E-state index >= 15 is 0 Å². The number of piperidine rings is 1. The predicted molar refractivity (Wildman–Crippen MR) is 180 cm³/mol. The number of hydrogen-bond acceptors (Lipinski definition) is 7. The molecule has 2 aromatic carbocycles. The van der Waals surface area contributed by atoms with Crippen LogP contribution < -0.4 is 15.0 Å². The van der Waals surface area contributed by atoms with Crippen LogP contribution in [0.1, 0.15) is 39.3 Å². The van der Waals surface area contributed by atoms with E-state index in [2.05, 4.69) is 29.1 Å². The Morgan fingerprint density at radius 3 is 2.46 bits per heavy atom. The number of benzene rings is 2. The fraction of sp³-hybridized carbons (Fsp3) is 0.528. The minimum Gasteiger partial charge on any atom is -0.491 e. The molecule has 0 radical (unpaired) electrons. The largest absolute Gasteiger partial charge is 0.491 e. The fourth-order valence-corrected chi connectivity index (χ4v) is 6.04.